The van der Waals surface area contributed by atoms with Crippen molar-refractivity contribution >= 4 is 39.7 Å². The number of imidazole rings is 1. The summed E-state index contributed by atoms with van der Waals surface area (Å²) in [5, 5.41) is 10.4. The van der Waals surface area contributed by atoms with Crippen molar-refractivity contribution in [1.82, 2.24) is 29.2 Å². The van der Waals surface area contributed by atoms with Gasteiger partial charge in [-0.25, -0.2) is 28.1 Å². The van der Waals surface area contributed by atoms with Crippen LogP contribution in [0.4, 0.5) is 29.9 Å². The Balaban J connectivity index is 1.22. The van der Waals surface area contributed by atoms with Gasteiger partial charge in [0.15, 0.2) is 10.8 Å². The highest BCUT2D eigenvalue weighted by Crippen LogP contribution is 2.37. The molecule has 14 heteroatoms. The maximum absolute atomic E-state index is 13.5. The van der Waals surface area contributed by atoms with E-state index in [1.54, 1.807) is 18.3 Å². The Bertz CT molecular complexity index is 1660. The van der Waals surface area contributed by atoms with Crippen molar-refractivity contribution in [3.05, 3.63) is 53.0 Å². The summed E-state index contributed by atoms with van der Waals surface area (Å²) < 4.78 is 41.7. The summed E-state index contributed by atoms with van der Waals surface area (Å²) in [4.78, 5) is 34.1. The molecule has 0 N–H and O–H groups in total. The SMILES string of the molecule is CCc1nc2cnc(N3CCN(CC(=O)N4CC(F)(F)C4)CC3)cn2c1N(C)c1nc(-c2ccc(F)cc2)c(C#N)s1. The van der Waals surface area contributed by atoms with E-state index >= 15 is 0 Å². The average Bonchev–Trinajstić information content (AvgIpc) is 3.57. The maximum Gasteiger partial charge on any atom is 0.282 e. The van der Waals surface area contributed by atoms with Crippen LogP contribution in [-0.2, 0) is 11.2 Å². The molecule has 2 saturated heterocycles. The lowest BCUT2D eigenvalue weighted by atomic mass is 10.1. The van der Waals surface area contributed by atoms with Crippen LogP contribution in [0.15, 0.2) is 36.7 Å². The minimum absolute atomic E-state index is 0.130. The van der Waals surface area contributed by atoms with E-state index in [0.29, 0.717) is 59.5 Å². The third-order valence-electron chi connectivity index (χ3n) is 7.57. The van der Waals surface area contributed by atoms with Gasteiger partial charge in [0.1, 0.15) is 34.1 Å². The van der Waals surface area contributed by atoms with Gasteiger partial charge < -0.3 is 14.7 Å². The molecule has 0 unspecified atom stereocenters. The zero-order chi connectivity index (χ0) is 29.6. The van der Waals surface area contributed by atoms with Gasteiger partial charge in [-0.2, -0.15) is 5.26 Å². The van der Waals surface area contributed by atoms with E-state index in [9.17, 15) is 23.2 Å². The highest BCUT2D eigenvalue weighted by atomic mass is 32.1. The quantitative estimate of drug-likeness (QED) is 0.319. The molecule has 42 heavy (non-hydrogen) atoms. The molecule has 2 aliphatic heterocycles. The van der Waals surface area contributed by atoms with Crippen LogP contribution in [0, 0.1) is 17.1 Å². The summed E-state index contributed by atoms with van der Waals surface area (Å²) in [7, 11) is 1.88. The van der Waals surface area contributed by atoms with Crippen LogP contribution in [0.25, 0.3) is 16.9 Å². The standard InChI is InChI=1S/C28H28F3N9OS/c1-3-20-26(36(2)27-35-25(21(12-32)42-27)18-4-6-19(29)7-5-18)40-14-23(33-13-22(40)34-20)38-10-8-37(9-11-38)15-24(41)39-16-28(30,31)17-39/h4-7,13-14H,3,8-11,15-17H2,1-2H3. The van der Waals surface area contributed by atoms with Gasteiger partial charge in [0.2, 0.25) is 5.91 Å². The molecule has 0 atom stereocenters. The van der Waals surface area contributed by atoms with E-state index < -0.39 is 19.0 Å². The van der Waals surface area contributed by atoms with Crippen LogP contribution in [0.5, 0.6) is 0 Å². The molecule has 2 fully saturated rings. The minimum atomic E-state index is -2.76. The van der Waals surface area contributed by atoms with Crippen molar-refractivity contribution in [1.29, 1.82) is 5.26 Å². The van der Waals surface area contributed by atoms with Gasteiger partial charge in [0.05, 0.1) is 37.7 Å². The van der Waals surface area contributed by atoms with Gasteiger partial charge in [-0.15, -0.1) is 0 Å². The fraction of sp³-hybridized carbons (Fsp3) is 0.393. The van der Waals surface area contributed by atoms with Crippen molar-refractivity contribution in [2.45, 2.75) is 19.3 Å². The third-order valence-corrected chi connectivity index (χ3v) is 8.60. The maximum atomic E-state index is 13.5. The van der Waals surface area contributed by atoms with E-state index in [0.717, 1.165) is 17.3 Å². The first kappa shape index (κ1) is 27.9. The predicted molar refractivity (Wildman–Crippen MR) is 153 cm³/mol. The number of nitriles is 1. The molecule has 1 aromatic carbocycles. The van der Waals surface area contributed by atoms with Crippen LogP contribution in [0.2, 0.25) is 0 Å². The summed E-state index contributed by atoms with van der Waals surface area (Å²) >= 11 is 1.25. The number of aryl methyl sites for hydroxylation is 1. The number of aromatic nitrogens is 4. The van der Waals surface area contributed by atoms with Crippen molar-refractivity contribution in [3.63, 3.8) is 0 Å². The number of anilines is 3. The zero-order valence-corrected chi connectivity index (χ0v) is 23.9. The van der Waals surface area contributed by atoms with Gasteiger partial charge in [-0.05, 0) is 30.7 Å². The Labute approximate surface area is 244 Å². The van der Waals surface area contributed by atoms with Gasteiger partial charge >= 0.3 is 0 Å². The summed E-state index contributed by atoms with van der Waals surface area (Å²) in [6, 6.07) is 8.12. The number of amides is 1. The highest BCUT2D eigenvalue weighted by molar-refractivity contribution is 7.16. The Kier molecular flexibility index (Phi) is 7.24. The number of halogens is 3. The van der Waals surface area contributed by atoms with Crippen LogP contribution in [0.3, 0.4) is 0 Å². The van der Waals surface area contributed by atoms with Crippen LogP contribution in [-0.4, -0.2) is 93.8 Å². The topological polar surface area (TPSA) is 96.9 Å². The first-order valence-electron chi connectivity index (χ1n) is 13.6. The molecular formula is C28H28F3N9OS. The van der Waals surface area contributed by atoms with Gasteiger partial charge in [0, 0.05) is 38.8 Å². The first-order chi connectivity index (χ1) is 20.2. The van der Waals surface area contributed by atoms with E-state index in [-0.39, 0.29) is 18.3 Å². The molecule has 0 saturated carbocycles. The summed E-state index contributed by atoms with van der Waals surface area (Å²) in [5.74, 6) is -1.85. The number of carbonyl (C=O) groups excluding carboxylic acids is 1. The predicted octanol–water partition coefficient (Wildman–Crippen LogP) is 3.79. The van der Waals surface area contributed by atoms with Crippen molar-refractivity contribution in [2.75, 3.05) is 62.7 Å². The molecule has 3 aromatic heterocycles. The number of alkyl halides is 2. The lowest BCUT2D eigenvalue weighted by Crippen LogP contribution is -2.61. The Morgan fingerprint density at radius 2 is 1.86 bits per heavy atom. The molecule has 4 aromatic rings. The Morgan fingerprint density at radius 1 is 1.14 bits per heavy atom. The first-order valence-corrected chi connectivity index (χ1v) is 14.4. The molecule has 1 amide bonds. The molecule has 218 valence electrons. The smallest absolute Gasteiger partial charge is 0.282 e. The fourth-order valence-electron chi connectivity index (χ4n) is 5.27. The van der Waals surface area contributed by atoms with Gasteiger partial charge in [-0.3, -0.25) is 14.1 Å². The number of rotatable bonds is 7. The van der Waals surface area contributed by atoms with Crippen LogP contribution < -0.4 is 9.80 Å². The highest BCUT2D eigenvalue weighted by Gasteiger charge is 2.46. The van der Waals surface area contributed by atoms with E-state index in [1.165, 1.54) is 28.4 Å². The normalized spacial score (nSPS) is 16.9. The summed E-state index contributed by atoms with van der Waals surface area (Å²) in [6.45, 7) is 3.62. The number of carbonyl (C=O) groups is 1. The van der Waals surface area contributed by atoms with Crippen LogP contribution >= 0.6 is 11.3 Å². The largest absolute Gasteiger partial charge is 0.353 e. The molecule has 0 bridgehead atoms. The molecule has 6 rings (SSSR count). The lowest BCUT2D eigenvalue weighted by Gasteiger charge is -2.41. The van der Waals surface area contributed by atoms with Crippen molar-refractivity contribution in [2.24, 2.45) is 0 Å². The number of hydrogen-bond acceptors (Lipinski definition) is 9. The number of fused-ring (bicyclic) bond motifs is 1. The second-order valence-corrected chi connectivity index (χ2v) is 11.4. The summed E-state index contributed by atoms with van der Waals surface area (Å²) in [6.07, 6.45) is 4.31. The summed E-state index contributed by atoms with van der Waals surface area (Å²) in [5.41, 5.74) is 2.67. The second kappa shape index (κ2) is 10.9. The van der Waals surface area contributed by atoms with Gasteiger partial charge in [-0.1, -0.05) is 18.3 Å². The molecule has 0 spiro atoms. The zero-order valence-electron chi connectivity index (χ0n) is 23.1. The number of piperazine rings is 1. The third kappa shape index (κ3) is 5.25. The lowest BCUT2D eigenvalue weighted by molar-refractivity contribution is -0.166. The Morgan fingerprint density at radius 3 is 2.50 bits per heavy atom. The van der Waals surface area contributed by atoms with Gasteiger partial charge in [0.25, 0.3) is 5.92 Å². The number of nitrogens with zero attached hydrogens (tertiary/aromatic N) is 9. The number of thiazole rings is 1. The molecular weight excluding hydrogens is 567 g/mol. The molecule has 2 aliphatic rings. The van der Waals surface area contributed by atoms with Crippen LogP contribution in [0.1, 0.15) is 17.5 Å². The minimum Gasteiger partial charge on any atom is -0.353 e. The molecule has 10 nitrogen and oxygen atoms in total. The van der Waals surface area contributed by atoms with Crippen molar-refractivity contribution in [3.8, 4) is 17.3 Å². The second-order valence-electron chi connectivity index (χ2n) is 10.4. The van der Waals surface area contributed by atoms with Crippen molar-refractivity contribution < 1.29 is 18.0 Å². The number of likely N-dealkylation sites (tertiary alicyclic amines) is 1. The monoisotopic (exact) mass is 595 g/mol. The number of benzene rings is 1. The Hall–Kier alpha value is -4.22. The average molecular weight is 596 g/mol. The number of hydrogen-bond donors (Lipinski definition) is 0. The van der Waals surface area contributed by atoms with E-state index in [2.05, 4.69) is 16.0 Å². The van der Waals surface area contributed by atoms with E-state index in [1.807, 2.05) is 34.4 Å². The molecule has 5 heterocycles. The fourth-order valence-corrected chi connectivity index (χ4v) is 6.12. The molecule has 0 radical (unpaired) electrons. The molecule has 0 aliphatic carbocycles. The van der Waals surface area contributed by atoms with E-state index in [4.69, 9.17) is 9.97 Å².